The van der Waals surface area contributed by atoms with E-state index in [1.165, 1.54) is 6.07 Å². The van der Waals surface area contributed by atoms with Gasteiger partial charge in [-0.15, -0.1) is 0 Å². The van der Waals surface area contributed by atoms with Crippen LogP contribution in [0.5, 0.6) is 0 Å². The molecule has 0 saturated carbocycles. The maximum atomic E-state index is 11.3. The van der Waals surface area contributed by atoms with Crippen LogP contribution in [-0.2, 0) is 15.9 Å². The molecule has 0 aliphatic rings. The Morgan fingerprint density at radius 3 is 2.94 bits per heavy atom. The maximum Gasteiger partial charge on any atom is 0.252 e. The minimum Gasteiger partial charge on any atom is -0.382 e. The second-order valence-electron chi connectivity index (χ2n) is 3.82. The number of aromatic nitrogens is 2. The van der Waals surface area contributed by atoms with Gasteiger partial charge in [0.25, 0.3) is 5.56 Å². The molecule has 1 aromatic rings. The van der Waals surface area contributed by atoms with Crippen LogP contribution in [0.1, 0.15) is 19.2 Å². The van der Waals surface area contributed by atoms with Gasteiger partial charge < -0.3 is 19.8 Å². The molecule has 0 atom stereocenters. The van der Waals surface area contributed by atoms with E-state index in [2.05, 4.69) is 15.3 Å². The molecule has 0 spiro atoms. The van der Waals surface area contributed by atoms with Gasteiger partial charge in [0, 0.05) is 32.7 Å². The summed E-state index contributed by atoms with van der Waals surface area (Å²) in [5.41, 5.74) is -0.124. The molecule has 0 aliphatic heterocycles. The van der Waals surface area contributed by atoms with E-state index in [-0.39, 0.29) is 5.56 Å². The number of nitrogens with zero attached hydrogens (tertiary/aromatic N) is 1. The molecule has 0 unspecified atom stereocenters. The first kappa shape index (κ1) is 14.7. The first-order chi connectivity index (χ1) is 8.76. The summed E-state index contributed by atoms with van der Waals surface area (Å²) < 4.78 is 10.2. The van der Waals surface area contributed by atoms with Crippen LogP contribution in [0.2, 0.25) is 0 Å². The van der Waals surface area contributed by atoms with Gasteiger partial charge in [0.1, 0.15) is 11.6 Å². The van der Waals surface area contributed by atoms with Gasteiger partial charge in [-0.2, -0.15) is 0 Å². The quantitative estimate of drug-likeness (QED) is 0.638. The number of H-pyrrole nitrogens is 1. The Morgan fingerprint density at radius 1 is 1.39 bits per heavy atom. The molecule has 1 heterocycles. The van der Waals surface area contributed by atoms with E-state index < -0.39 is 0 Å². The fourth-order valence-electron chi connectivity index (χ4n) is 1.40. The second-order valence-corrected chi connectivity index (χ2v) is 3.82. The van der Waals surface area contributed by atoms with Crippen molar-refractivity contribution in [3.63, 3.8) is 0 Å². The van der Waals surface area contributed by atoms with Gasteiger partial charge in [-0.25, -0.2) is 4.98 Å². The molecule has 0 aromatic carbocycles. The fraction of sp³-hybridized carbons (Fsp3) is 0.667. The Kier molecular flexibility index (Phi) is 7.05. The van der Waals surface area contributed by atoms with E-state index in [1.807, 2.05) is 6.92 Å². The molecular formula is C12H21N3O3. The Morgan fingerprint density at radius 2 is 2.22 bits per heavy atom. The highest BCUT2D eigenvalue weighted by Crippen LogP contribution is 1.99. The van der Waals surface area contributed by atoms with Crippen LogP contribution in [0.4, 0.5) is 5.82 Å². The van der Waals surface area contributed by atoms with Gasteiger partial charge in [0.2, 0.25) is 0 Å². The summed E-state index contributed by atoms with van der Waals surface area (Å²) >= 11 is 0. The molecule has 0 amide bonds. The zero-order valence-electron chi connectivity index (χ0n) is 11.0. The van der Waals surface area contributed by atoms with Crippen LogP contribution >= 0.6 is 0 Å². The summed E-state index contributed by atoms with van der Waals surface area (Å²) in [6.07, 6.45) is 1.57. The summed E-state index contributed by atoms with van der Waals surface area (Å²) in [4.78, 5) is 18.3. The zero-order chi connectivity index (χ0) is 13.2. The third-order valence-electron chi connectivity index (χ3n) is 2.33. The van der Waals surface area contributed by atoms with Crippen molar-refractivity contribution < 1.29 is 9.47 Å². The van der Waals surface area contributed by atoms with E-state index in [9.17, 15) is 4.79 Å². The van der Waals surface area contributed by atoms with Crippen molar-refractivity contribution in [2.45, 2.75) is 19.8 Å². The topological polar surface area (TPSA) is 76.2 Å². The number of anilines is 1. The van der Waals surface area contributed by atoms with Crippen molar-refractivity contribution in [3.8, 4) is 0 Å². The zero-order valence-corrected chi connectivity index (χ0v) is 11.0. The molecule has 1 aromatic heterocycles. The van der Waals surface area contributed by atoms with E-state index >= 15 is 0 Å². The fourth-order valence-corrected chi connectivity index (χ4v) is 1.40. The monoisotopic (exact) mass is 255 g/mol. The van der Waals surface area contributed by atoms with Gasteiger partial charge in [0.15, 0.2) is 0 Å². The number of nitrogens with one attached hydrogen (secondary N) is 2. The average Bonchev–Trinajstić information content (AvgIpc) is 2.37. The van der Waals surface area contributed by atoms with Gasteiger partial charge in [-0.1, -0.05) is 6.92 Å². The first-order valence-electron chi connectivity index (χ1n) is 6.17. The number of rotatable bonds is 9. The van der Waals surface area contributed by atoms with Crippen LogP contribution in [0.25, 0.3) is 0 Å². The first-order valence-corrected chi connectivity index (χ1v) is 6.17. The van der Waals surface area contributed by atoms with Crippen LogP contribution in [0.3, 0.4) is 0 Å². The molecule has 102 valence electrons. The largest absolute Gasteiger partial charge is 0.382 e. The molecule has 0 saturated heterocycles. The molecule has 0 fully saturated rings. The van der Waals surface area contributed by atoms with Crippen LogP contribution in [-0.4, -0.2) is 43.4 Å². The minimum absolute atomic E-state index is 0.124. The van der Waals surface area contributed by atoms with Gasteiger partial charge >= 0.3 is 0 Å². The van der Waals surface area contributed by atoms with E-state index in [0.717, 1.165) is 13.0 Å². The van der Waals surface area contributed by atoms with Crippen LogP contribution < -0.4 is 10.9 Å². The molecular weight excluding hydrogens is 234 g/mol. The summed E-state index contributed by atoms with van der Waals surface area (Å²) in [7, 11) is 1.65. The van der Waals surface area contributed by atoms with E-state index in [0.29, 0.717) is 37.9 Å². The van der Waals surface area contributed by atoms with Crippen LogP contribution in [0.15, 0.2) is 10.9 Å². The number of hydrogen-bond donors (Lipinski definition) is 2. The third kappa shape index (κ3) is 5.79. The predicted octanol–water partition coefficient (Wildman–Crippen LogP) is 0.797. The van der Waals surface area contributed by atoms with Gasteiger partial charge in [0.05, 0.1) is 13.2 Å². The lowest BCUT2D eigenvalue weighted by Gasteiger charge is -2.07. The standard InChI is InChI=1S/C12H21N3O3/c1-3-10-14-11(9-12(16)15-10)13-5-4-6-18-8-7-17-2/h9H,3-8H2,1-2H3,(H2,13,14,15,16). The SMILES string of the molecule is CCc1nc(NCCCOCCOC)cc(=O)[nH]1. The molecule has 0 aliphatic carbocycles. The minimum atomic E-state index is -0.124. The second kappa shape index (κ2) is 8.66. The lowest BCUT2D eigenvalue weighted by Crippen LogP contribution is -2.15. The summed E-state index contributed by atoms with van der Waals surface area (Å²) in [5, 5.41) is 3.11. The van der Waals surface area contributed by atoms with E-state index in [4.69, 9.17) is 9.47 Å². The van der Waals surface area contributed by atoms with Crippen molar-refractivity contribution in [2.24, 2.45) is 0 Å². The molecule has 18 heavy (non-hydrogen) atoms. The van der Waals surface area contributed by atoms with Crippen molar-refractivity contribution in [1.82, 2.24) is 9.97 Å². The van der Waals surface area contributed by atoms with Crippen LogP contribution in [0, 0.1) is 0 Å². The van der Waals surface area contributed by atoms with Crippen molar-refractivity contribution in [2.75, 3.05) is 38.8 Å². The lowest BCUT2D eigenvalue weighted by molar-refractivity contribution is 0.0705. The molecule has 6 heteroatoms. The average molecular weight is 255 g/mol. The number of aryl methyl sites for hydroxylation is 1. The summed E-state index contributed by atoms with van der Waals surface area (Å²) in [6.45, 7) is 4.57. The Balaban J connectivity index is 2.23. The number of hydrogen-bond acceptors (Lipinski definition) is 5. The number of methoxy groups -OCH3 is 1. The van der Waals surface area contributed by atoms with Crippen molar-refractivity contribution >= 4 is 5.82 Å². The maximum absolute atomic E-state index is 11.3. The molecule has 0 radical (unpaired) electrons. The van der Waals surface area contributed by atoms with Crippen molar-refractivity contribution in [1.29, 1.82) is 0 Å². The Bertz CT molecular complexity index is 392. The normalized spacial score (nSPS) is 10.6. The van der Waals surface area contributed by atoms with Crippen molar-refractivity contribution in [3.05, 3.63) is 22.2 Å². The molecule has 1 rings (SSSR count). The summed E-state index contributed by atoms with van der Waals surface area (Å²) in [6, 6.07) is 1.46. The van der Waals surface area contributed by atoms with Gasteiger partial charge in [-0.3, -0.25) is 4.79 Å². The highest BCUT2D eigenvalue weighted by Gasteiger charge is 1.98. The highest BCUT2D eigenvalue weighted by atomic mass is 16.5. The Hall–Kier alpha value is -1.40. The van der Waals surface area contributed by atoms with Gasteiger partial charge in [-0.05, 0) is 6.42 Å². The highest BCUT2D eigenvalue weighted by molar-refractivity contribution is 5.32. The lowest BCUT2D eigenvalue weighted by atomic mass is 10.4. The number of ether oxygens (including phenoxy) is 2. The Labute approximate surface area is 107 Å². The predicted molar refractivity (Wildman–Crippen MR) is 70.0 cm³/mol. The smallest absolute Gasteiger partial charge is 0.252 e. The summed E-state index contributed by atoms with van der Waals surface area (Å²) in [5.74, 6) is 1.31. The number of aromatic amines is 1. The molecule has 0 bridgehead atoms. The van der Waals surface area contributed by atoms with E-state index in [1.54, 1.807) is 7.11 Å². The molecule has 2 N–H and O–H groups in total. The third-order valence-corrected chi connectivity index (χ3v) is 2.33. The molecule has 6 nitrogen and oxygen atoms in total.